The van der Waals surface area contributed by atoms with E-state index in [0.29, 0.717) is 32.0 Å². The molecule has 0 bridgehead atoms. The zero-order chi connectivity index (χ0) is 23.9. The quantitative estimate of drug-likeness (QED) is 0.309. The second-order valence-corrected chi connectivity index (χ2v) is 7.62. The van der Waals surface area contributed by atoms with E-state index < -0.39 is 5.82 Å². The highest BCUT2D eigenvalue weighted by Gasteiger charge is 2.17. The summed E-state index contributed by atoms with van der Waals surface area (Å²) in [7, 11) is 0. The molecular formula is C24H22FN9O. The number of hydrogen-bond donors (Lipinski definition) is 2. The van der Waals surface area contributed by atoms with Crippen molar-refractivity contribution in [2.45, 2.75) is 0 Å². The molecule has 0 saturated carbocycles. The lowest BCUT2D eigenvalue weighted by Gasteiger charge is -2.27. The van der Waals surface area contributed by atoms with Crippen molar-refractivity contribution < 1.29 is 9.13 Å². The van der Waals surface area contributed by atoms with Crippen molar-refractivity contribution in [3.05, 3.63) is 78.6 Å². The third-order valence-corrected chi connectivity index (χ3v) is 5.20. The second kappa shape index (κ2) is 10.6. The van der Waals surface area contributed by atoms with Crippen LogP contribution in [0.15, 0.2) is 72.2 Å². The monoisotopic (exact) mass is 471 g/mol. The number of hydrazone groups is 1. The van der Waals surface area contributed by atoms with Crippen LogP contribution in [0.3, 0.4) is 0 Å². The van der Waals surface area contributed by atoms with Gasteiger partial charge >= 0.3 is 0 Å². The van der Waals surface area contributed by atoms with Crippen LogP contribution in [0.4, 0.5) is 27.5 Å². The van der Waals surface area contributed by atoms with Gasteiger partial charge in [0.25, 0.3) is 0 Å². The van der Waals surface area contributed by atoms with Crippen molar-refractivity contribution >= 4 is 29.4 Å². The maximum Gasteiger partial charge on any atom is 0.245 e. The number of nitrogens with zero attached hydrogens (tertiary/aromatic N) is 7. The van der Waals surface area contributed by atoms with Gasteiger partial charge in [-0.05, 0) is 36.4 Å². The van der Waals surface area contributed by atoms with Gasteiger partial charge < -0.3 is 15.0 Å². The zero-order valence-corrected chi connectivity index (χ0v) is 18.7. The molecule has 11 heteroatoms. The van der Waals surface area contributed by atoms with Crippen LogP contribution in [0.5, 0.6) is 0 Å². The minimum absolute atomic E-state index is 0.199. The van der Waals surface area contributed by atoms with Crippen molar-refractivity contribution in [3.63, 3.8) is 0 Å². The van der Waals surface area contributed by atoms with Gasteiger partial charge in [0, 0.05) is 30.5 Å². The summed E-state index contributed by atoms with van der Waals surface area (Å²) in [6, 6.07) is 15.4. The Hall–Kier alpha value is -4.51. The molecule has 4 aromatic rings. The molecule has 1 saturated heterocycles. The number of anilines is 4. The molecule has 0 atom stereocenters. The molecule has 35 heavy (non-hydrogen) atoms. The van der Waals surface area contributed by atoms with Crippen LogP contribution in [0.1, 0.15) is 5.69 Å². The molecule has 10 nitrogen and oxygen atoms in total. The lowest BCUT2D eigenvalue weighted by Crippen LogP contribution is -2.37. The van der Waals surface area contributed by atoms with Crippen molar-refractivity contribution in [2.24, 2.45) is 5.10 Å². The lowest BCUT2D eigenvalue weighted by molar-refractivity contribution is 0.122. The molecule has 4 heterocycles. The van der Waals surface area contributed by atoms with Gasteiger partial charge in [-0.15, -0.1) is 0 Å². The molecule has 2 N–H and O–H groups in total. The summed E-state index contributed by atoms with van der Waals surface area (Å²) in [4.78, 5) is 14.4. The lowest BCUT2D eigenvalue weighted by atomic mass is 10.1. The molecule has 1 aromatic carbocycles. The molecule has 0 unspecified atom stereocenters. The highest BCUT2D eigenvalue weighted by molar-refractivity contribution is 5.78. The number of rotatable bonds is 7. The van der Waals surface area contributed by atoms with Crippen LogP contribution < -0.4 is 15.6 Å². The first-order chi connectivity index (χ1) is 17.2. The summed E-state index contributed by atoms with van der Waals surface area (Å²) in [5, 5.41) is 15.5. The third kappa shape index (κ3) is 5.71. The maximum atomic E-state index is 14.1. The van der Waals surface area contributed by atoms with Crippen LogP contribution in [0.25, 0.3) is 11.3 Å². The topological polar surface area (TPSA) is 113 Å². The van der Waals surface area contributed by atoms with E-state index in [4.69, 9.17) is 4.74 Å². The molecular weight excluding hydrogens is 449 g/mol. The summed E-state index contributed by atoms with van der Waals surface area (Å²) in [5.74, 6) is -0.0447. The van der Waals surface area contributed by atoms with E-state index >= 15 is 0 Å². The number of halogens is 1. The first-order valence-electron chi connectivity index (χ1n) is 11.0. The van der Waals surface area contributed by atoms with Crippen LogP contribution in [0, 0.1) is 5.82 Å². The Morgan fingerprint density at radius 1 is 1.00 bits per heavy atom. The number of aromatic nitrogens is 5. The minimum atomic E-state index is -0.478. The SMILES string of the molecule is Fc1cnc(N/N=C/c2ccc(Nc3cccc(-c4cccnn4)c3)cn2)nc1N1CCOCC1. The average molecular weight is 472 g/mol. The van der Waals surface area contributed by atoms with Crippen molar-refractivity contribution in [2.75, 3.05) is 41.9 Å². The van der Waals surface area contributed by atoms with Crippen LogP contribution in [-0.2, 0) is 4.74 Å². The van der Waals surface area contributed by atoms with E-state index in [1.165, 1.54) is 0 Å². The largest absolute Gasteiger partial charge is 0.378 e. The number of benzene rings is 1. The summed E-state index contributed by atoms with van der Waals surface area (Å²) in [5.41, 5.74) is 6.86. The van der Waals surface area contributed by atoms with E-state index in [1.807, 2.05) is 53.4 Å². The van der Waals surface area contributed by atoms with Crippen molar-refractivity contribution in [1.29, 1.82) is 0 Å². The maximum absolute atomic E-state index is 14.1. The fourth-order valence-electron chi connectivity index (χ4n) is 3.50. The Bertz CT molecular complexity index is 1300. The predicted molar refractivity (Wildman–Crippen MR) is 131 cm³/mol. The van der Waals surface area contributed by atoms with Gasteiger partial charge in [0.1, 0.15) is 0 Å². The fraction of sp³-hybridized carbons (Fsp3) is 0.167. The van der Waals surface area contributed by atoms with Gasteiger partial charge in [0.2, 0.25) is 5.95 Å². The molecule has 0 aliphatic carbocycles. The van der Waals surface area contributed by atoms with Gasteiger partial charge in [-0.1, -0.05) is 12.1 Å². The smallest absolute Gasteiger partial charge is 0.245 e. The van der Waals surface area contributed by atoms with Crippen molar-refractivity contribution in [1.82, 2.24) is 25.1 Å². The number of pyridine rings is 1. The molecule has 3 aromatic heterocycles. The van der Waals surface area contributed by atoms with Gasteiger partial charge in [-0.25, -0.2) is 14.8 Å². The first kappa shape index (κ1) is 22.3. The number of hydrogen-bond acceptors (Lipinski definition) is 10. The van der Waals surface area contributed by atoms with Gasteiger partial charge in [0.15, 0.2) is 11.6 Å². The Morgan fingerprint density at radius 2 is 1.91 bits per heavy atom. The van der Waals surface area contributed by atoms with E-state index in [9.17, 15) is 4.39 Å². The molecule has 1 aliphatic rings. The number of morpholine rings is 1. The summed E-state index contributed by atoms with van der Waals surface area (Å²) < 4.78 is 19.5. The first-order valence-corrected chi connectivity index (χ1v) is 11.0. The second-order valence-electron chi connectivity index (χ2n) is 7.62. The van der Waals surface area contributed by atoms with Gasteiger partial charge in [-0.2, -0.15) is 20.3 Å². The molecule has 5 rings (SSSR count). The van der Waals surface area contributed by atoms with E-state index in [-0.39, 0.29) is 11.8 Å². The normalized spacial score (nSPS) is 13.7. The Balaban J connectivity index is 1.20. The Morgan fingerprint density at radius 3 is 2.71 bits per heavy atom. The highest BCUT2D eigenvalue weighted by atomic mass is 19.1. The number of nitrogens with one attached hydrogen (secondary N) is 2. The predicted octanol–water partition coefficient (Wildman–Crippen LogP) is 3.49. The van der Waals surface area contributed by atoms with Crippen molar-refractivity contribution in [3.8, 4) is 11.3 Å². The van der Waals surface area contributed by atoms with E-state index in [0.717, 1.165) is 28.8 Å². The molecule has 0 amide bonds. The molecule has 1 aliphatic heterocycles. The fourth-order valence-corrected chi connectivity index (χ4v) is 3.50. The van der Waals surface area contributed by atoms with Gasteiger partial charge in [0.05, 0.1) is 48.9 Å². The summed E-state index contributed by atoms with van der Waals surface area (Å²) >= 11 is 0. The van der Waals surface area contributed by atoms with Crippen LogP contribution in [-0.4, -0.2) is 57.7 Å². The molecule has 1 fully saturated rings. The van der Waals surface area contributed by atoms with Crippen LogP contribution >= 0.6 is 0 Å². The Kier molecular flexibility index (Phi) is 6.76. The van der Waals surface area contributed by atoms with Crippen LogP contribution in [0.2, 0.25) is 0 Å². The minimum Gasteiger partial charge on any atom is -0.378 e. The molecule has 0 spiro atoms. The number of ether oxygens (including phenoxy) is 1. The van der Waals surface area contributed by atoms with Gasteiger partial charge in [-0.3, -0.25) is 4.98 Å². The highest BCUT2D eigenvalue weighted by Crippen LogP contribution is 2.23. The molecule has 176 valence electrons. The Labute approximate surface area is 200 Å². The molecule has 0 radical (unpaired) electrons. The zero-order valence-electron chi connectivity index (χ0n) is 18.7. The summed E-state index contributed by atoms with van der Waals surface area (Å²) in [6.07, 6.45) is 6.03. The standard InChI is InChI=1S/C24H22FN9O/c25-21-16-27-24(31-23(21)34-9-11-35-12-10-34)33-29-15-19-6-7-20(14-26-19)30-18-4-1-3-17(13-18)22-5-2-8-28-32-22/h1-8,13-16,30H,9-12H2,(H,27,31,33)/b29-15+. The third-order valence-electron chi connectivity index (χ3n) is 5.20. The van der Waals surface area contributed by atoms with E-state index in [1.54, 1.807) is 18.6 Å². The average Bonchev–Trinajstić information content (AvgIpc) is 2.92. The summed E-state index contributed by atoms with van der Waals surface area (Å²) in [6.45, 7) is 2.22. The van der Waals surface area contributed by atoms with E-state index in [2.05, 4.69) is 41.0 Å².